The zero-order valence-electron chi connectivity index (χ0n) is 58.1. The average molecular weight is 1370 g/mol. The van der Waals surface area contributed by atoms with Crippen LogP contribution in [-0.2, 0) is 76.7 Å². The van der Waals surface area contributed by atoms with Crippen LogP contribution >= 0.6 is 0 Å². The first kappa shape index (κ1) is 80.5. The summed E-state index contributed by atoms with van der Waals surface area (Å²) in [6.45, 7) is 9.33. The molecule has 1 fully saturated rings. The molecule has 0 aromatic heterocycles. The summed E-state index contributed by atoms with van der Waals surface area (Å²) in [6.07, 6.45) is 1.04. The van der Waals surface area contributed by atoms with Crippen molar-refractivity contribution in [3.8, 4) is 5.75 Å². The number of amides is 6. The lowest BCUT2D eigenvalue weighted by molar-refractivity contribution is -0.143. The summed E-state index contributed by atoms with van der Waals surface area (Å²) in [5, 5.41) is 20.5. The molecule has 1 saturated heterocycles. The van der Waals surface area contributed by atoms with Crippen molar-refractivity contribution < 1.29 is 62.5 Å². The Balaban J connectivity index is 1.43. The van der Waals surface area contributed by atoms with E-state index in [1.165, 1.54) is 31.0 Å². The fourth-order valence-corrected chi connectivity index (χ4v) is 12.4. The maximum atomic E-state index is 15.3. The van der Waals surface area contributed by atoms with Crippen molar-refractivity contribution in [2.75, 3.05) is 66.7 Å². The number of hydrogen-bond donors (Lipinski definition) is 10. The number of phenols is 1. The van der Waals surface area contributed by atoms with Gasteiger partial charge in [-0.15, -0.1) is 0 Å². The number of guanidine groups is 2. The second-order valence-corrected chi connectivity index (χ2v) is 26.4. The van der Waals surface area contributed by atoms with Gasteiger partial charge in [0, 0.05) is 95.7 Å². The normalized spacial score (nSPS) is 15.0. The molecule has 0 aliphatic carbocycles. The lowest BCUT2D eigenvalue weighted by Crippen LogP contribution is -2.50. The number of likely N-dealkylation sites (tertiary alicyclic amines) is 1. The van der Waals surface area contributed by atoms with Gasteiger partial charge in [0.15, 0.2) is 29.3 Å². The van der Waals surface area contributed by atoms with E-state index in [0.29, 0.717) is 56.9 Å². The van der Waals surface area contributed by atoms with E-state index in [9.17, 15) is 33.9 Å². The number of rotatable bonds is 46. The van der Waals surface area contributed by atoms with Crippen LogP contribution in [0.4, 0.5) is 0 Å². The first-order chi connectivity index (χ1) is 47.2. The van der Waals surface area contributed by atoms with Gasteiger partial charge in [0.1, 0.15) is 17.6 Å². The van der Waals surface area contributed by atoms with Crippen LogP contribution in [-0.4, -0.2) is 176 Å². The molecule has 1 heterocycles. The van der Waals surface area contributed by atoms with Gasteiger partial charge in [-0.05, 0) is 136 Å². The summed E-state index contributed by atoms with van der Waals surface area (Å²) in [4.78, 5) is 153. The Kier molecular flexibility index (Phi) is 34.1. The maximum absolute atomic E-state index is 15.3. The number of carbonyl (C=O) groups is 10. The van der Waals surface area contributed by atoms with Crippen molar-refractivity contribution in [2.45, 2.75) is 148 Å². The Bertz CT molecular complexity index is 3370. The molecule has 4 aromatic rings. The lowest BCUT2D eigenvalue weighted by atomic mass is 9.84. The first-order valence-corrected chi connectivity index (χ1v) is 34.3. The largest absolute Gasteiger partial charge is 0.508 e. The number of phenolic OH excluding ortho intramolecular Hbond substituents is 1. The van der Waals surface area contributed by atoms with E-state index < -0.39 is 120 Å². The smallest absolute Gasteiger partial charge is 0.240 e. The van der Waals surface area contributed by atoms with Crippen LogP contribution in [0.15, 0.2) is 107 Å². The number of Topliss-reactive ketones (excluding diaryl/α,β-unsaturated/α-hetero) is 4. The number of fused-ring (bicyclic) bond motifs is 1. The number of likely N-dealkylation sites (N-methyl/N-ethyl adjacent to an activating group) is 1. The minimum atomic E-state index is -1.47. The van der Waals surface area contributed by atoms with Gasteiger partial charge in [-0.25, -0.2) is 0 Å². The third-order valence-electron chi connectivity index (χ3n) is 18.1. The van der Waals surface area contributed by atoms with Gasteiger partial charge in [0.05, 0.1) is 37.8 Å². The van der Waals surface area contributed by atoms with Gasteiger partial charge >= 0.3 is 0 Å². The van der Waals surface area contributed by atoms with Crippen molar-refractivity contribution in [3.63, 3.8) is 0 Å². The zero-order chi connectivity index (χ0) is 72.6. The van der Waals surface area contributed by atoms with Crippen LogP contribution in [0.1, 0.15) is 121 Å². The summed E-state index contributed by atoms with van der Waals surface area (Å²) in [5.74, 6) is -11.0. The fraction of sp³-hybridized carbons (Fsp3) is 0.534. The quantitative estimate of drug-likeness (QED) is 0.0172. The molecule has 5 rings (SSSR count). The molecular weight excluding hydrogens is 1270 g/mol. The maximum Gasteiger partial charge on any atom is 0.240 e. The second-order valence-electron chi connectivity index (χ2n) is 26.4. The Hall–Kier alpha value is -9.14. The number of aromatic hydroxyl groups is 1. The predicted molar refractivity (Wildman–Crippen MR) is 379 cm³/mol. The number of piperidine rings is 1. The highest BCUT2D eigenvalue weighted by atomic mass is 16.5. The molecule has 8 atom stereocenters. The summed E-state index contributed by atoms with van der Waals surface area (Å²) < 4.78 is 10.7. The van der Waals surface area contributed by atoms with Crippen molar-refractivity contribution in [3.05, 3.63) is 114 Å². The van der Waals surface area contributed by atoms with Gasteiger partial charge < -0.3 is 74.7 Å². The van der Waals surface area contributed by atoms with Crippen molar-refractivity contribution >= 4 is 81.3 Å². The molecule has 0 radical (unpaired) electrons. The van der Waals surface area contributed by atoms with Gasteiger partial charge in [0.2, 0.25) is 35.4 Å². The number of nitrogens with one attached hydrogen (secondary N) is 3. The van der Waals surface area contributed by atoms with Gasteiger partial charge in [-0.3, -0.25) is 57.9 Å². The molecule has 26 nitrogen and oxygen atoms in total. The van der Waals surface area contributed by atoms with Crippen LogP contribution in [0.3, 0.4) is 0 Å². The molecule has 0 bridgehead atoms. The third kappa shape index (κ3) is 28.7. The van der Waals surface area contributed by atoms with E-state index in [1.807, 2.05) is 56.3 Å². The third-order valence-corrected chi connectivity index (χ3v) is 18.1. The van der Waals surface area contributed by atoms with Gasteiger partial charge in [-0.2, -0.15) is 0 Å². The number of ketones is 4. The number of methoxy groups -OCH3 is 1. The monoisotopic (exact) mass is 1370 g/mol. The van der Waals surface area contributed by atoms with Crippen LogP contribution in [0.25, 0.3) is 10.8 Å². The SMILES string of the molecule is COCCOCCCN1CCC(C(=O)C[C@@H](Cc2ccc(O)cc2)C(=O)N[C@@H](Cc2ccc3ccccc3c2)C(=O)C[C@@H](CC(C)C)C(=O)N[C@@H](Cc2ccccc2)C(=O)C[C@@H](CCCN=C(N)N)C(=O)N(C)[C@@H](C)C(=O)C[C@@H](CCCN=C(N)N)C(=O)N[C@@H](CC(N)=O)C(N)=O)CC1. The minimum Gasteiger partial charge on any atom is -0.508 e. The van der Waals surface area contributed by atoms with Crippen molar-refractivity contribution in [1.29, 1.82) is 0 Å². The molecule has 0 unspecified atom stereocenters. The Morgan fingerprint density at radius 1 is 0.566 bits per heavy atom. The van der Waals surface area contributed by atoms with E-state index in [1.54, 1.807) is 49.6 Å². The van der Waals surface area contributed by atoms with Crippen LogP contribution in [0, 0.1) is 35.5 Å². The van der Waals surface area contributed by atoms with Gasteiger partial charge in [0.25, 0.3) is 0 Å². The minimum absolute atomic E-state index is 0.0118. The number of aliphatic imine (C=N–C) groups is 2. The molecule has 540 valence electrons. The predicted octanol–water partition coefficient (Wildman–Crippen LogP) is 3.46. The first-order valence-electron chi connectivity index (χ1n) is 34.3. The topological polar surface area (TPSA) is 433 Å². The molecule has 0 spiro atoms. The highest BCUT2D eigenvalue weighted by molar-refractivity contribution is 5.98. The Labute approximate surface area is 580 Å². The molecule has 16 N–H and O–H groups in total. The zero-order valence-corrected chi connectivity index (χ0v) is 58.1. The summed E-state index contributed by atoms with van der Waals surface area (Å²) >= 11 is 0. The van der Waals surface area contributed by atoms with E-state index in [4.69, 9.17) is 43.9 Å². The number of primary amides is 2. The molecule has 1 aliphatic rings. The molecule has 4 aromatic carbocycles. The Morgan fingerprint density at radius 3 is 1.68 bits per heavy atom. The molecule has 6 amide bonds. The summed E-state index contributed by atoms with van der Waals surface area (Å²) in [7, 11) is 3.02. The van der Waals surface area contributed by atoms with Crippen molar-refractivity contribution in [1.82, 2.24) is 25.8 Å². The fourth-order valence-electron chi connectivity index (χ4n) is 12.4. The Morgan fingerprint density at radius 2 is 1.09 bits per heavy atom. The van der Waals surface area contributed by atoms with E-state index in [-0.39, 0.29) is 113 Å². The average Bonchev–Trinajstić information content (AvgIpc) is 0.852. The highest BCUT2D eigenvalue weighted by Gasteiger charge is 2.38. The number of benzene rings is 4. The number of hydrogen-bond acceptors (Lipinski definition) is 16. The standard InChI is InChI=1S/C73H105N13O13/c1-46(2)36-56(44-65(91)60(40-50-20-23-51-16-9-10-17-53(51)38-50)83-70(96)57(37-49-21-24-58(87)25-22-49)43-63(89)52-26-31-86(32-27-52)30-13-33-99-35-34-98-5)69(95)82-59(39-48-14-7-6-8-15-48)64(90)42-55(19-12-29-81-73(78)79)71(97)85(4)47(3)62(88)41-54(18-11-28-80-72(76)77)68(94)84-61(67(75)93)45-66(74)92/h6-10,14-17,20-25,38,46-47,52,54-57,59-61,87H,11-13,18-19,26-37,39-45H2,1-5H3,(H2,74,92)(H2,75,93)(H,82,95)(H,83,96)(H,84,94)(H4,76,77,80)(H4,78,79,81)/t47-,54+,55+,56+,57+,59-,60-,61-/m0/s1. The number of nitrogens with zero attached hydrogens (tertiary/aromatic N) is 4. The number of nitrogens with two attached hydrogens (primary N) is 6. The molecule has 99 heavy (non-hydrogen) atoms. The van der Waals surface area contributed by atoms with Crippen LogP contribution < -0.4 is 50.4 Å². The van der Waals surface area contributed by atoms with Crippen LogP contribution in [0.2, 0.25) is 0 Å². The molecule has 26 heteroatoms. The lowest BCUT2D eigenvalue weighted by Gasteiger charge is -2.32. The number of carbonyl (C=O) groups excluding carboxylic acids is 10. The van der Waals surface area contributed by atoms with E-state index in [2.05, 4.69) is 30.8 Å². The highest BCUT2D eigenvalue weighted by Crippen LogP contribution is 2.28. The summed E-state index contributed by atoms with van der Waals surface area (Å²) in [5.41, 5.74) is 35.2. The van der Waals surface area contributed by atoms with E-state index >= 15 is 19.2 Å². The van der Waals surface area contributed by atoms with Crippen LogP contribution in [0.5, 0.6) is 5.75 Å². The summed E-state index contributed by atoms with van der Waals surface area (Å²) in [6, 6.07) is 23.8. The second kappa shape index (κ2) is 42.0. The van der Waals surface area contributed by atoms with Crippen molar-refractivity contribution in [2.24, 2.45) is 79.9 Å². The van der Waals surface area contributed by atoms with E-state index in [0.717, 1.165) is 29.3 Å². The number of ether oxygens (including phenoxy) is 2. The molecule has 1 aliphatic heterocycles. The molecule has 0 saturated carbocycles. The molecular formula is C73H105N13O13. The van der Waals surface area contributed by atoms with Gasteiger partial charge in [-0.1, -0.05) is 98.8 Å².